The Morgan fingerprint density at radius 1 is 1.04 bits per heavy atom. The Balaban J connectivity index is 0.00000312. The Labute approximate surface area is 166 Å². The SMILES string of the molecule is CNCCNC(=O)C(Cc1ccccc1)NC(=O)c1cccnc1.Cl.Cl. The molecule has 0 saturated heterocycles. The van der Waals surface area contributed by atoms with Crippen LogP contribution in [0.4, 0.5) is 0 Å². The maximum absolute atomic E-state index is 12.4. The molecule has 0 spiro atoms. The smallest absolute Gasteiger partial charge is 0.253 e. The summed E-state index contributed by atoms with van der Waals surface area (Å²) in [4.78, 5) is 28.7. The second kappa shape index (κ2) is 13.1. The van der Waals surface area contributed by atoms with Crippen molar-refractivity contribution in [3.05, 3.63) is 66.0 Å². The van der Waals surface area contributed by atoms with Gasteiger partial charge in [-0.25, -0.2) is 0 Å². The van der Waals surface area contributed by atoms with Crippen molar-refractivity contribution in [2.24, 2.45) is 0 Å². The van der Waals surface area contributed by atoms with Gasteiger partial charge in [0.2, 0.25) is 5.91 Å². The van der Waals surface area contributed by atoms with E-state index in [1.165, 1.54) is 6.20 Å². The van der Waals surface area contributed by atoms with Crippen molar-refractivity contribution < 1.29 is 9.59 Å². The molecule has 26 heavy (non-hydrogen) atoms. The first-order chi connectivity index (χ1) is 11.7. The van der Waals surface area contributed by atoms with Gasteiger partial charge in [0, 0.05) is 31.9 Å². The average Bonchev–Trinajstić information content (AvgIpc) is 2.63. The maximum Gasteiger partial charge on any atom is 0.253 e. The van der Waals surface area contributed by atoms with Gasteiger partial charge < -0.3 is 16.0 Å². The van der Waals surface area contributed by atoms with Crippen LogP contribution in [0.1, 0.15) is 15.9 Å². The first kappa shape index (κ1) is 23.9. The van der Waals surface area contributed by atoms with Crippen molar-refractivity contribution in [1.82, 2.24) is 20.9 Å². The van der Waals surface area contributed by atoms with E-state index in [9.17, 15) is 9.59 Å². The second-order valence-electron chi connectivity index (χ2n) is 5.35. The number of benzene rings is 1. The number of amides is 2. The van der Waals surface area contributed by atoms with E-state index in [-0.39, 0.29) is 36.6 Å². The van der Waals surface area contributed by atoms with Gasteiger partial charge in [0.25, 0.3) is 5.91 Å². The minimum absolute atomic E-state index is 0. The number of aromatic nitrogens is 1. The highest BCUT2D eigenvalue weighted by molar-refractivity contribution is 5.97. The number of carbonyl (C=O) groups excluding carboxylic acids is 2. The van der Waals surface area contributed by atoms with E-state index in [1.807, 2.05) is 37.4 Å². The van der Waals surface area contributed by atoms with Crippen LogP contribution in [0.5, 0.6) is 0 Å². The molecule has 1 heterocycles. The number of rotatable bonds is 8. The van der Waals surface area contributed by atoms with Gasteiger partial charge >= 0.3 is 0 Å². The molecule has 3 N–H and O–H groups in total. The molecule has 0 aliphatic rings. The molecule has 1 aromatic carbocycles. The van der Waals surface area contributed by atoms with Crippen molar-refractivity contribution in [1.29, 1.82) is 0 Å². The van der Waals surface area contributed by atoms with Gasteiger partial charge in [-0.2, -0.15) is 0 Å². The summed E-state index contributed by atoms with van der Waals surface area (Å²) >= 11 is 0. The molecule has 1 atom stereocenters. The van der Waals surface area contributed by atoms with Crippen LogP contribution in [0.15, 0.2) is 54.9 Å². The van der Waals surface area contributed by atoms with Crippen LogP contribution >= 0.6 is 24.8 Å². The highest BCUT2D eigenvalue weighted by atomic mass is 35.5. The molecule has 0 fully saturated rings. The quantitative estimate of drug-likeness (QED) is 0.589. The Bertz CT molecular complexity index is 657. The topological polar surface area (TPSA) is 83.1 Å². The molecule has 2 aromatic rings. The summed E-state index contributed by atoms with van der Waals surface area (Å²) in [6.45, 7) is 1.17. The lowest BCUT2D eigenvalue weighted by Crippen LogP contribution is -2.49. The number of hydrogen-bond acceptors (Lipinski definition) is 4. The van der Waals surface area contributed by atoms with Crippen molar-refractivity contribution in [2.45, 2.75) is 12.5 Å². The fourth-order valence-corrected chi connectivity index (χ4v) is 2.23. The second-order valence-corrected chi connectivity index (χ2v) is 5.35. The zero-order valence-corrected chi connectivity index (χ0v) is 16.1. The Morgan fingerprint density at radius 2 is 1.77 bits per heavy atom. The van der Waals surface area contributed by atoms with Crippen molar-refractivity contribution >= 4 is 36.6 Å². The molecule has 6 nitrogen and oxygen atoms in total. The van der Waals surface area contributed by atoms with Gasteiger partial charge in [-0.1, -0.05) is 30.3 Å². The normalized spacial score (nSPS) is 10.7. The highest BCUT2D eigenvalue weighted by Crippen LogP contribution is 2.05. The van der Waals surface area contributed by atoms with E-state index in [4.69, 9.17) is 0 Å². The first-order valence-corrected chi connectivity index (χ1v) is 7.88. The molecule has 8 heteroatoms. The minimum atomic E-state index is -0.642. The van der Waals surface area contributed by atoms with Gasteiger partial charge in [0.05, 0.1) is 5.56 Å². The summed E-state index contributed by atoms with van der Waals surface area (Å²) in [5, 5.41) is 8.59. The van der Waals surface area contributed by atoms with Crippen molar-refractivity contribution in [3.63, 3.8) is 0 Å². The van der Waals surface area contributed by atoms with Gasteiger partial charge in [0.1, 0.15) is 6.04 Å². The summed E-state index contributed by atoms with van der Waals surface area (Å²) in [5.41, 5.74) is 1.41. The molecule has 142 valence electrons. The Morgan fingerprint density at radius 3 is 2.38 bits per heavy atom. The highest BCUT2D eigenvalue weighted by Gasteiger charge is 2.21. The zero-order valence-electron chi connectivity index (χ0n) is 14.5. The van der Waals surface area contributed by atoms with Gasteiger partial charge in [-0.3, -0.25) is 14.6 Å². The number of pyridine rings is 1. The van der Waals surface area contributed by atoms with Gasteiger partial charge in [-0.05, 0) is 24.7 Å². The lowest BCUT2D eigenvalue weighted by Gasteiger charge is -2.18. The molecule has 2 rings (SSSR count). The number of nitrogens with one attached hydrogen (secondary N) is 3. The monoisotopic (exact) mass is 398 g/mol. The first-order valence-electron chi connectivity index (χ1n) is 7.88. The molecule has 0 radical (unpaired) electrons. The summed E-state index contributed by atoms with van der Waals surface area (Å²) in [6, 6.07) is 12.3. The standard InChI is InChI=1S/C18H22N4O2.2ClH/c1-19-10-11-21-18(24)16(12-14-6-3-2-4-7-14)22-17(23)15-8-5-9-20-13-15;;/h2-9,13,16,19H,10-12H2,1H3,(H,21,24)(H,22,23);2*1H. The molecule has 0 aliphatic carbocycles. The maximum atomic E-state index is 12.4. The molecule has 0 aliphatic heterocycles. The third kappa shape index (κ3) is 7.82. The van der Waals surface area contributed by atoms with E-state index in [2.05, 4.69) is 20.9 Å². The Hall–Kier alpha value is -2.15. The number of carbonyl (C=O) groups is 2. The number of hydrogen-bond donors (Lipinski definition) is 3. The predicted molar refractivity (Wildman–Crippen MR) is 107 cm³/mol. The van der Waals surface area contributed by atoms with E-state index in [1.54, 1.807) is 18.3 Å². The molecule has 1 aromatic heterocycles. The summed E-state index contributed by atoms with van der Waals surface area (Å²) in [7, 11) is 1.82. The van der Waals surface area contributed by atoms with Crippen LogP contribution in [0.2, 0.25) is 0 Å². The summed E-state index contributed by atoms with van der Waals surface area (Å²) in [5.74, 6) is -0.515. The molecule has 0 saturated carbocycles. The van der Waals surface area contributed by atoms with Crippen LogP contribution in [-0.2, 0) is 11.2 Å². The largest absolute Gasteiger partial charge is 0.353 e. The summed E-state index contributed by atoms with van der Waals surface area (Å²) in [6.07, 6.45) is 3.51. The fourth-order valence-electron chi connectivity index (χ4n) is 2.23. The van der Waals surface area contributed by atoms with E-state index < -0.39 is 6.04 Å². The molecular weight excluding hydrogens is 375 g/mol. The third-order valence-electron chi connectivity index (χ3n) is 3.50. The number of halogens is 2. The van der Waals surface area contributed by atoms with Gasteiger partial charge in [-0.15, -0.1) is 24.8 Å². The van der Waals surface area contributed by atoms with Gasteiger partial charge in [0.15, 0.2) is 0 Å². The predicted octanol–water partition coefficient (Wildman–Crippen LogP) is 1.60. The lowest BCUT2D eigenvalue weighted by molar-refractivity contribution is -0.122. The third-order valence-corrected chi connectivity index (χ3v) is 3.50. The van der Waals surface area contributed by atoms with Crippen LogP contribution in [-0.4, -0.2) is 43.0 Å². The van der Waals surface area contributed by atoms with Crippen molar-refractivity contribution in [2.75, 3.05) is 20.1 Å². The van der Waals surface area contributed by atoms with E-state index in [0.29, 0.717) is 25.1 Å². The lowest BCUT2D eigenvalue weighted by atomic mass is 10.0. The number of likely N-dealkylation sites (N-methyl/N-ethyl adjacent to an activating group) is 1. The van der Waals surface area contributed by atoms with Crippen LogP contribution in [0.25, 0.3) is 0 Å². The van der Waals surface area contributed by atoms with Crippen LogP contribution < -0.4 is 16.0 Å². The zero-order chi connectivity index (χ0) is 17.2. The fraction of sp³-hybridized carbons (Fsp3) is 0.278. The molecule has 0 bridgehead atoms. The molecule has 1 unspecified atom stereocenters. The average molecular weight is 399 g/mol. The van der Waals surface area contributed by atoms with E-state index in [0.717, 1.165) is 5.56 Å². The Kier molecular flexibility index (Phi) is 12.0. The number of nitrogens with zero attached hydrogens (tertiary/aromatic N) is 1. The van der Waals surface area contributed by atoms with Crippen LogP contribution in [0.3, 0.4) is 0 Å². The van der Waals surface area contributed by atoms with Crippen LogP contribution in [0, 0.1) is 0 Å². The van der Waals surface area contributed by atoms with Crippen molar-refractivity contribution in [3.8, 4) is 0 Å². The molecular formula is C18H24Cl2N4O2. The minimum Gasteiger partial charge on any atom is -0.353 e. The summed E-state index contributed by atoms with van der Waals surface area (Å²) < 4.78 is 0. The van der Waals surface area contributed by atoms with E-state index >= 15 is 0 Å². The molecule has 2 amide bonds.